The Balaban J connectivity index is 1.61. The minimum absolute atomic E-state index is 0.0901. The minimum atomic E-state index is 0.0901. The first-order chi connectivity index (χ1) is 14.2. The molecule has 1 aliphatic rings. The van der Waals surface area contributed by atoms with Gasteiger partial charge in [-0.2, -0.15) is 0 Å². The van der Waals surface area contributed by atoms with E-state index in [9.17, 15) is 0 Å². The molecule has 1 N–H and O–H groups in total. The number of rotatable bonds is 11. The van der Waals surface area contributed by atoms with E-state index in [-0.39, 0.29) is 6.61 Å². The number of benzene rings is 1. The lowest BCUT2D eigenvalue weighted by Gasteiger charge is -2.17. The van der Waals surface area contributed by atoms with Crippen molar-refractivity contribution in [2.75, 3.05) is 58.5 Å². The number of anilines is 1. The average molecular weight is 401 g/mol. The van der Waals surface area contributed by atoms with Crippen molar-refractivity contribution in [3.05, 3.63) is 41.9 Å². The number of methoxy groups -OCH3 is 1. The van der Waals surface area contributed by atoms with Gasteiger partial charge in [0, 0.05) is 32.8 Å². The van der Waals surface area contributed by atoms with Crippen molar-refractivity contribution in [1.29, 1.82) is 0 Å². The molecule has 0 aliphatic carbocycles. The predicted octanol–water partition coefficient (Wildman–Crippen LogP) is 2.37. The topological polar surface area (TPSA) is 71.0 Å². The van der Waals surface area contributed by atoms with Gasteiger partial charge in [-0.05, 0) is 56.1 Å². The highest BCUT2D eigenvalue weighted by Crippen LogP contribution is 2.29. The maximum absolute atomic E-state index is 9.12. The molecule has 1 aromatic carbocycles. The summed E-state index contributed by atoms with van der Waals surface area (Å²) in [6, 6.07) is 7.82. The second-order valence-electron chi connectivity index (χ2n) is 7.39. The van der Waals surface area contributed by atoms with Gasteiger partial charge in [0.15, 0.2) is 11.5 Å². The van der Waals surface area contributed by atoms with E-state index in [1.54, 1.807) is 13.3 Å². The summed E-state index contributed by atoms with van der Waals surface area (Å²) in [6.07, 6.45) is 6.00. The van der Waals surface area contributed by atoms with Crippen LogP contribution in [0.3, 0.4) is 0 Å². The zero-order valence-electron chi connectivity index (χ0n) is 17.5. The molecule has 0 radical (unpaired) electrons. The summed E-state index contributed by atoms with van der Waals surface area (Å²) in [5.41, 5.74) is 1.07. The molecule has 2 aromatic rings. The number of hydrogen-bond acceptors (Lipinski definition) is 7. The van der Waals surface area contributed by atoms with Crippen LogP contribution < -0.4 is 14.4 Å². The van der Waals surface area contributed by atoms with Crippen LogP contribution in [0, 0.1) is 0 Å². The lowest BCUT2D eigenvalue weighted by Crippen LogP contribution is -2.22. The molecule has 29 heavy (non-hydrogen) atoms. The quantitative estimate of drug-likeness (QED) is 0.581. The first kappa shape index (κ1) is 21.3. The third-order valence-corrected chi connectivity index (χ3v) is 5.18. The van der Waals surface area contributed by atoms with E-state index in [0.29, 0.717) is 19.6 Å². The van der Waals surface area contributed by atoms with Gasteiger partial charge in [0.05, 0.1) is 20.3 Å². The van der Waals surface area contributed by atoms with E-state index in [0.717, 1.165) is 41.7 Å². The molecule has 2 heterocycles. The Kier molecular flexibility index (Phi) is 8.07. The highest BCUT2D eigenvalue weighted by atomic mass is 16.5. The van der Waals surface area contributed by atoms with E-state index in [4.69, 9.17) is 14.6 Å². The van der Waals surface area contributed by atoms with Crippen LogP contribution in [-0.2, 0) is 6.42 Å². The minimum Gasteiger partial charge on any atom is -0.493 e. The van der Waals surface area contributed by atoms with Crippen LogP contribution in [0.2, 0.25) is 0 Å². The van der Waals surface area contributed by atoms with E-state index in [2.05, 4.69) is 14.9 Å². The van der Waals surface area contributed by atoms with Crippen LogP contribution in [0.4, 0.5) is 5.82 Å². The van der Waals surface area contributed by atoms with E-state index in [1.807, 2.05) is 36.2 Å². The van der Waals surface area contributed by atoms with Crippen molar-refractivity contribution in [2.45, 2.75) is 25.7 Å². The SMILES string of the molecule is COc1ccc(Cc2nccc(N(C)CCO)n2)cc1OCCCN1CCCC1. The van der Waals surface area contributed by atoms with Crippen molar-refractivity contribution in [2.24, 2.45) is 0 Å². The smallest absolute Gasteiger partial charge is 0.161 e. The number of aliphatic hydroxyl groups excluding tert-OH is 1. The summed E-state index contributed by atoms with van der Waals surface area (Å²) in [5, 5.41) is 9.12. The standard InChI is InChI=1S/C22H32N4O3/c1-25(13-14-27)22-8-9-23-21(24-22)17-18-6-7-19(28-2)20(16-18)29-15-5-12-26-10-3-4-11-26/h6-9,16,27H,3-5,10-15,17H2,1-2H3. The van der Waals surface area contributed by atoms with Crippen LogP contribution in [0.5, 0.6) is 11.5 Å². The predicted molar refractivity (Wildman–Crippen MR) is 114 cm³/mol. The monoisotopic (exact) mass is 400 g/mol. The van der Waals surface area contributed by atoms with E-state index in [1.165, 1.54) is 25.9 Å². The largest absolute Gasteiger partial charge is 0.493 e. The molecule has 3 rings (SSSR count). The molecular weight excluding hydrogens is 368 g/mol. The molecule has 1 saturated heterocycles. The van der Waals surface area contributed by atoms with Crippen LogP contribution >= 0.6 is 0 Å². The Labute approximate surface area is 173 Å². The van der Waals surface area contributed by atoms with Crippen molar-refractivity contribution >= 4 is 5.82 Å². The fourth-order valence-electron chi connectivity index (χ4n) is 3.55. The van der Waals surface area contributed by atoms with Gasteiger partial charge in [-0.15, -0.1) is 0 Å². The molecule has 7 heteroatoms. The maximum Gasteiger partial charge on any atom is 0.161 e. The van der Waals surface area contributed by atoms with Gasteiger partial charge in [0.25, 0.3) is 0 Å². The number of aliphatic hydroxyl groups is 1. The lowest BCUT2D eigenvalue weighted by molar-refractivity contribution is 0.254. The Morgan fingerprint density at radius 1 is 1.17 bits per heavy atom. The first-order valence-electron chi connectivity index (χ1n) is 10.4. The highest BCUT2D eigenvalue weighted by Gasteiger charge is 2.12. The molecule has 0 atom stereocenters. The van der Waals surface area contributed by atoms with E-state index < -0.39 is 0 Å². The third-order valence-electron chi connectivity index (χ3n) is 5.18. The van der Waals surface area contributed by atoms with Crippen molar-refractivity contribution in [1.82, 2.24) is 14.9 Å². The summed E-state index contributed by atoms with van der Waals surface area (Å²) in [4.78, 5) is 13.4. The molecule has 1 aromatic heterocycles. The zero-order chi connectivity index (χ0) is 20.5. The second kappa shape index (κ2) is 11.0. The molecular formula is C22H32N4O3. The average Bonchev–Trinajstić information content (AvgIpc) is 3.25. The Morgan fingerprint density at radius 3 is 2.76 bits per heavy atom. The number of likely N-dealkylation sites (N-methyl/N-ethyl adjacent to an activating group) is 1. The highest BCUT2D eigenvalue weighted by molar-refractivity contribution is 5.44. The number of nitrogens with zero attached hydrogens (tertiary/aromatic N) is 4. The third kappa shape index (κ3) is 6.30. The van der Waals surface area contributed by atoms with Crippen LogP contribution in [0.25, 0.3) is 0 Å². The molecule has 7 nitrogen and oxygen atoms in total. The summed E-state index contributed by atoms with van der Waals surface area (Å²) in [5.74, 6) is 3.04. The number of hydrogen-bond donors (Lipinski definition) is 1. The van der Waals surface area contributed by atoms with Crippen molar-refractivity contribution in [3.8, 4) is 11.5 Å². The number of aromatic nitrogens is 2. The Morgan fingerprint density at radius 2 is 2.00 bits per heavy atom. The molecule has 0 amide bonds. The van der Waals surface area contributed by atoms with Gasteiger partial charge in [0.1, 0.15) is 11.6 Å². The van der Waals surface area contributed by atoms with Gasteiger partial charge < -0.3 is 24.4 Å². The summed E-state index contributed by atoms with van der Waals surface area (Å²) >= 11 is 0. The van der Waals surface area contributed by atoms with Gasteiger partial charge in [-0.1, -0.05) is 6.07 Å². The molecule has 1 fully saturated rings. The number of likely N-dealkylation sites (tertiary alicyclic amines) is 1. The Hall–Kier alpha value is -2.38. The van der Waals surface area contributed by atoms with Crippen molar-refractivity contribution in [3.63, 3.8) is 0 Å². The molecule has 0 bridgehead atoms. The fraction of sp³-hybridized carbons (Fsp3) is 0.545. The summed E-state index contributed by atoms with van der Waals surface area (Å²) < 4.78 is 11.5. The second-order valence-corrected chi connectivity index (χ2v) is 7.39. The first-order valence-corrected chi connectivity index (χ1v) is 10.4. The molecule has 158 valence electrons. The lowest BCUT2D eigenvalue weighted by atomic mass is 10.1. The van der Waals surface area contributed by atoms with Gasteiger partial charge in [0.2, 0.25) is 0 Å². The van der Waals surface area contributed by atoms with Crippen molar-refractivity contribution < 1.29 is 14.6 Å². The molecule has 0 saturated carbocycles. The fourth-order valence-corrected chi connectivity index (χ4v) is 3.55. The van der Waals surface area contributed by atoms with Crippen LogP contribution in [0.15, 0.2) is 30.5 Å². The molecule has 1 aliphatic heterocycles. The van der Waals surface area contributed by atoms with Crippen LogP contribution in [0.1, 0.15) is 30.7 Å². The summed E-state index contributed by atoms with van der Waals surface area (Å²) in [7, 11) is 3.57. The molecule has 0 unspecified atom stereocenters. The Bertz CT molecular complexity index is 765. The summed E-state index contributed by atoms with van der Waals surface area (Å²) in [6.45, 7) is 4.82. The van der Waals surface area contributed by atoms with Gasteiger partial charge in [-0.3, -0.25) is 0 Å². The molecule has 0 spiro atoms. The van der Waals surface area contributed by atoms with E-state index >= 15 is 0 Å². The number of ether oxygens (including phenoxy) is 2. The van der Waals surface area contributed by atoms with Crippen LogP contribution in [-0.4, -0.2) is 73.5 Å². The normalized spacial score (nSPS) is 14.2. The van der Waals surface area contributed by atoms with Gasteiger partial charge in [-0.25, -0.2) is 9.97 Å². The zero-order valence-corrected chi connectivity index (χ0v) is 17.5. The maximum atomic E-state index is 9.12. The van der Waals surface area contributed by atoms with Gasteiger partial charge >= 0.3 is 0 Å².